The third-order valence-corrected chi connectivity index (χ3v) is 2.86. The highest BCUT2D eigenvalue weighted by Gasteiger charge is 2.28. The van der Waals surface area contributed by atoms with Crippen LogP contribution in [0.2, 0.25) is 0 Å². The van der Waals surface area contributed by atoms with Crippen LogP contribution in [0, 0.1) is 17.8 Å². The molecule has 0 fully saturated rings. The van der Waals surface area contributed by atoms with Crippen LogP contribution in [0.5, 0.6) is 0 Å². The summed E-state index contributed by atoms with van der Waals surface area (Å²) in [7, 11) is 0. The van der Waals surface area contributed by atoms with E-state index in [1.54, 1.807) is 0 Å². The van der Waals surface area contributed by atoms with Crippen molar-refractivity contribution in [2.45, 2.75) is 53.6 Å². The van der Waals surface area contributed by atoms with Gasteiger partial charge in [0.25, 0.3) is 0 Å². The summed E-state index contributed by atoms with van der Waals surface area (Å²) in [4.78, 5) is 23.8. The van der Waals surface area contributed by atoms with E-state index in [9.17, 15) is 9.59 Å². The van der Waals surface area contributed by atoms with Crippen molar-refractivity contribution in [2.24, 2.45) is 23.5 Å². The lowest BCUT2D eigenvalue weighted by Gasteiger charge is -2.25. The van der Waals surface area contributed by atoms with Crippen LogP contribution >= 0.6 is 0 Å². The Balaban J connectivity index is 4.68. The van der Waals surface area contributed by atoms with E-state index >= 15 is 0 Å². The zero-order chi connectivity index (χ0) is 13.7. The van der Waals surface area contributed by atoms with Gasteiger partial charge in [-0.15, -0.1) is 0 Å². The van der Waals surface area contributed by atoms with E-state index in [1.807, 2.05) is 41.5 Å². The molecular formula is C13H26N2O2. The second-order valence-corrected chi connectivity index (χ2v) is 5.56. The minimum atomic E-state index is -0.559. The van der Waals surface area contributed by atoms with Crippen molar-refractivity contribution in [3.05, 3.63) is 0 Å². The minimum Gasteiger partial charge on any atom is -0.345 e. The highest BCUT2D eigenvalue weighted by Crippen LogP contribution is 2.10. The first-order valence-electron chi connectivity index (χ1n) is 6.28. The number of nitrogens with one attached hydrogen (secondary N) is 1. The maximum absolute atomic E-state index is 12.0. The van der Waals surface area contributed by atoms with E-state index in [1.165, 1.54) is 0 Å². The van der Waals surface area contributed by atoms with Gasteiger partial charge in [-0.05, 0) is 11.8 Å². The van der Waals surface area contributed by atoms with Gasteiger partial charge in [-0.3, -0.25) is 9.59 Å². The fourth-order valence-corrected chi connectivity index (χ4v) is 1.48. The molecule has 0 aliphatic carbocycles. The number of carbonyl (C=O) groups is 2. The molecule has 0 bridgehead atoms. The van der Waals surface area contributed by atoms with Crippen molar-refractivity contribution in [1.82, 2.24) is 5.32 Å². The summed E-state index contributed by atoms with van der Waals surface area (Å²) >= 11 is 0. The fourth-order valence-electron chi connectivity index (χ4n) is 1.48. The molecule has 2 atom stereocenters. The summed E-state index contributed by atoms with van der Waals surface area (Å²) in [5, 5.41) is 2.77. The second kappa shape index (κ2) is 6.74. The molecule has 0 heterocycles. The van der Waals surface area contributed by atoms with Crippen LogP contribution in [0.1, 0.15) is 41.5 Å². The Bertz CT molecular complexity index is 273. The molecule has 0 spiro atoms. The molecule has 3 N–H and O–H groups in total. The summed E-state index contributed by atoms with van der Waals surface area (Å²) in [5.74, 6) is -0.125. The Morgan fingerprint density at radius 1 is 0.941 bits per heavy atom. The Kier molecular flexibility index (Phi) is 6.39. The molecule has 1 amide bonds. The Hall–Kier alpha value is -0.900. The monoisotopic (exact) mass is 242 g/mol. The van der Waals surface area contributed by atoms with Gasteiger partial charge in [0, 0.05) is 5.92 Å². The summed E-state index contributed by atoms with van der Waals surface area (Å²) in [5.41, 5.74) is 5.76. The summed E-state index contributed by atoms with van der Waals surface area (Å²) in [6, 6.07) is -0.997. The van der Waals surface area contributed by atoms with Gasteiger partial charge < -0.3 is 11.1 Å². The van der Waals surface area contributed by atoms with E-state index in [2.05, 4.69) is 5.32 Å². The number of Topliss-reactive ketones (excluding diaryl/α,β-unsaturated/α-hetero) is 1. The van der Waals surface area contributed by atoms with Crippen LogP contribution in [-0.4, -0.2) is 23.8 Å². The largest absolute Gasteiger partial charge is 0.345 e. The molecule has 0 aliphatic rings. The third kappa shape index (κ3) is 4.86. The van der Waals surface area contributed by atoms with Gasteiger partial charge in [0.1, 0.15) is 0 Å². The highest BCUT2D eigenvalue weighted by atomic mass is 16.2. The topological polar surface area (TPSA) is 72.2 Å². The van der Waals surface area contributed by atoms with Crippen molar-refractivity contribution >= 4 is 11.7 Å². The van der Waals surface area contributed by atoms with Gasteiger partial charge in [0.15, 0.2) is 5.78 Å². The number of rotatable bonds is 6. The van der Waals surface area contributed by atoms with Gasteiger partial charge in [-0.1, -0.05) is 41.5 Å². The standard InChI is InChI=1S/C13H26N2O2/c1-7(2)10(14)13(17)15-11(8(3)4)12(16)9(5)6/h7-11H,14H2,1-6H3,(H,15,17)/t10-,11+/m1/s1. The molecule has 0 aliphatic heterocycles. The Labute approximate surface area is 104 Å². The predicted molar refractivity (Wildman–Crippen MR) is 69.4 cm³/mol. The normalized spacial score (nSPS) is 15.2. The number of carbonyl (C=O) groups excluding carboxylic acids is 2. The first-order valence-corrected chi connectivity index (χ1v) is 6.28. The first kappa shape index (κ1) is 16.1. The Morgan fingerprint density at radius 2 is 1.41 bits per heavy atom. The zero-order valence-electron chi connectivity index (χ0n) is 11.8. The number of nitrogens with two attached hydrogens (primary N) is 1. The molecule has 0 rings (SSSR count). The van der Waals surface area contributed by atoms with Crippen molar-refractivity contribution in [3.63, 3.8) is 0 Å². The predicted octanol–water partition coefficient (Wildman–Crippen LogP) is 1.34. The molecule has 0 radical (unpaired) electrons. The average Bonchev–Trinajstić information content (AvgIpc) is 2.22. The lowest BCUT2D eigenvalue weighted by molar-refractivity contribution is -0.131. The molecule has 0 aromatic rings. The van der Waals surface area contributed by atoms with Crippen molar-refractivity contribution in [2.75, 3.05) is 0 Å². The van der Waals surface area contributed by atoms with Gasteiger partial charge in [0.2, 0.25) is 5.91 Å². The van der Waals surface area contributed by atoms with E-state index < -0.39 is 12.1 Å². The number of hydrogen-bond acceptors (Lipinski definition) is 3. The first-order chi connectivity index (χ1) is 7.68. The molecule has 0 aromatic heterocycles. The van der Waals surface area contributed by atoms with Crippen LogP contribution in [0.15, 0.2) is 0 Å². The van der Waals surface area contributed by atoms with Crippen molar-refractivity contribution < 1.29 is 9.59 Å². The van der Waals surface area contributed by atoms with E-state index in [0.29, 0.717) is 0 Å². The Morgan fingerprint density at radius 3 is 1.71 bits per heavy atom. The maximum Gasteiger partial charge on any atom is 0.237 e. The quantitative estimate of drug-likeness (QED) is 0.738. The minimum absolute atomic E-state index is 0.0595. The molecular weight excluding hydrogens is 216 g/mol. The van der Waals surface area contributed by atoms with Gasteiger partial charge in [-0.2, -0.15) is 0 Å². The summed E-state index contributed by atoms with van der Waals surface area (Å²) in [6.45, 7) is 11.3. The number of amides is 1. The molecule has 4 nitrogen and oxygen atoms in total. The molecule has 100 valence electrons. The number of hydrogen-bond donors (Lipinski definition) is 2. The lowest BCUT2D eigenvalue weighted by atomic mass is 9.92. The molecule has 0 saturated carbocycles. The second-order valence-electron chi connectivity index (χ2n) is 5.56. The SMILES string of the molecule is CC(C)C(=O)[C@@H](NC(=O)[C@H](N)C(C)C)C(C)C. The zero-order valence-corrected chi connectivity index (χ0v) is 11.8. The van der Waals surface area contributed by atoms with Gasteiger partial charge in [0.05, 0.1) is 12.1 Å². The van der Waals surface area contributed by atoms with Crippen LogP contribution in [0.3, 0.4) is 0 Å². The molecule has 0 unspecified atom stereocenters. The van der Waals surface area contributed by atoms with Crippen LogP contribution in [0.4, 0.5) is 0 Å². The van der Waals surface area contributed by atoms with Crippen molar-refractivity contribution in [1.29, 1.82) is 0 Å². The smallest absolute Gasteiger partial charge is 0.237 e. The molecule has 4 heteroatoms. The van der Waals surface area contributed by atoms with Crippen LogP contribution in [-0.2, 0) is 9.59 Å². The van der Waals surface area contributed by atoms with Crippen molar-refractivity contribution in [3.8, 4) is 0 Å². The highest BCUT2D eigenvalue weighted by molar-refractivity contribution is 5.91. The third-order valence-electron chi connectivity index (χ3n) is 2.86. The van der Waals surface area contributed by atoms with Crippen LogP contribution < -0.4 is 11.1 Å². The molecule has 0 saturated heterocycles. The summed E-state index contributed by atoms with van der Waals surface area (Å²) < 4.78 is 0. The summed E-state index contributed by atoms with van der Waals surface area (Å²) in [6.07, 6.45) is 0. The van der Waals surface area contributed by atoms with Crippen LogP contribution in [0.25, 0.3) is 0 Å². The molecule has 17 heavy (non-hydrogen) atoms. The maximum atomic E-state index is 12.0. The fraction of sp³-hybridized carbons (Fsp3) is 0.846. The lowest BCUT2D eigenvalue weighted by Crippen LogP contribution is -2.52. The number of ketones is 1. The van der Waals surface area contributed by atoms with E-state index in [4.69, 9.17) is 5.73 Å². The van der Waals surface area contributed by atoms with E-state index in [0.717, 1.165) is 0 Å². The van der Waals surface area contributed by atoms with Gasteiger partial charge in [-0.25, -0.2) is 0 Å². The average molecular weight is 242 g/mol. The van der Waals surface area contributed by atoms with Gasteiger partial charge >= 0.3 is 0 Å². The van der Waals surface area contributed by atoms with E-state index in [-0.39, 0.29) is 29.4 Å². The molecule has 0 aromatic carbocycles.